The SMILES string of the molecule is COC(=O)C1(C)CCN(c2nc(CN3CCOCC3)nc3sc4c(c23)CCCC4)C1. The number of thiophene rings is 1. The summed E-state index contributed by atoms with van der Waals surface area (Å²) < 4.78 is 10.6. The molecule has 2 aliphatic heterocycles. The van der Waals surface area contributed by atoms with Gasteiger partial charge < -0.3 is 14.4 Å². The van der Waals surface area contributed by atoms with Crippen LogP contribution in [0.1, 0.15) is 42.5 Å². The molecule has 4 heterocycles. The molecule has 0 bridgehead atoms. The van der Waals surface area contributed by atoms with Gasteiger partial charge in [0.25, 0.3) is 0 Å². The Balaban J connectivity index is 1.54. The van der Waals surface area contributed by atoms with Crippen molar-refractivity contribution in [3.63, 3.8) is 0 Å². The molecule has 1 aliphatic carbocycles. The second-order valence-electron chi connectivity index (χ2n) is 8.97. The van der Waals surface area contributed by atoms with Crippen LogP contribution in [0.4, 0.5) is 5.82 Å². The summed E-state index contributed by atoms with van der Waals surface area (Å²) in [5.74, 6) is 1.77. The number of rotatable bonds is 4. The van der Waals surface area contributed by atoms with Gasteiger partial charge in [0.2, 0.25) is 0 Å². The third kappa shape index (κ3) is 3.59. The Kier molecular flexibility index (Phi) is 5.41. The van der Waals surface area contributed by atoms with Gasteiger partial charge in [0, 0.05) is 31.1 Å². The maximum atomic E-state index is 12.4. The summed E-state index contributed by atoms with van der Waals surface area (Å²) in [6.07, 6.45) is 5.53. The lowest BCUT2D eigenvalue weighted by Gasteiger charge is -2.27. The van der Waals surface area contributed by atoms with Crippen molar-refractivity contribution in [3.8, 4) is 0 Å². The second kappa shape index (κ2) is 8.05. The Bertz CT molecular complexity index is 955. The minimum atomic E-state index is -0.480. The van der Waals surface area contributed by atoms with Gasteiger partial charge in [-0.1, -0.05) is 0 Å². The van der Waals surface area contributed by atoms with E-state index >= 15 is 0 Å². The zero-order chi connectivity index (χ0) is 20.7. The Labute approximate surface area is 181 Å². The predicted molar refractivity (Wildman–Crippen MR) is 117 cm³/mol. The molecular formula is C22H30N4O3S. The fourth-order valence-electron chi connectivity index (χ4n) is 4.99. The number of hydrogen-bond donors (Lipinski definition) is 0. The van der Waals surface area contributed by atoms with Gasteiger partial charge in [-0.15, -0.1) is 11.3 Å². The minimum absolute atomic E-state index is 0.129. The number of nitrogens with zero attached hydrogens (tertiary/aromatic N) is 4. The van der Waals surface area contributed by atoms with E-state index in [0.29, 0.717) is 6.54 Å². The van der Waals surface area contributed by atoms with E-state index in [-0.39, 0.29) is 5.97 Å². The molecule has 5 rings (SSSR count). The van der Waals surface area contributed by atoms with Crippen LogP contribution in [0.2, 0.25) is 0 Å². The molecule has 162 valence electrons. The van der Waals surface area contributed by atoms with Crippen molar-refractivity contribution in [2.75, 3.05) is 51.4 Å². The molecule has 30 heavy (non-hydrogen) atoms. The summed E-state index contributed by atoms with van der Waals surface area (Å²) in [6.45, 7) is 7.60. The molecule has 2 fully saturated rings. The maximum absolute atomic E-state index is 12.4. The fourth-order valence-corrected chi connectivity index (χ4v) is 6.27. The average Bonchev–Trinajstić information content (AvgIpc) is 3.35. The summed E-state index contributed by atoms with van der Waals surface area (Å²) >= 11 is 1.85. The normalized spacial score (nSPS) is 24.9. The largest absolute Gasteiger partial charge is 0.469 e. The first kappa shape index (κ1) is 20.2. The monoisotopic (exact) mass is 430 g/mol. The molecule has 0 spiro atoms. The quantitative estimate of drug-likeness (QED) is 0.691. The molecule has 0 aromatic carbocycles. The summed E-state index contributed by atoms with van der Waals surface area (Å²) in [7, 11) is 1.48. The molecule has 1 unspecified atom stereocenters. The van der Waals surface area contributed by atoms with Crippen LogP contribution in [-0.2, 0) is 33.7 Å². The van der Waals surface area contributed by atoms with Crippen LogP contribution < -0.4 is 4.90 Å². The van der Waals surface area contributed by atoms with E-state index in [1.165, 1.54) is 35.8 Å². The van der Waals surface area contributed by atoms with Crippen molar-refractivity contribution in [2.24, 2.45) is 5.41 Å². The van der Waals surface area contributed by atoms with Crippen molar-refractivity contribution in [2.45, 2.75) is 45.6 Å². The third-order valence-electron chi connectivity index (χ3n) is 6.76. The van der Waals surface area contributed by atoms with Crippen LogP contribution in [0.15, 0.2) is 0 Å². The molecule has 0 amide bonds. The van der Waals surface area contributed by atoms with E-state index in [1.54, 1.807) is 0 Å². The van der Waals surface area contributed by atoms with Crippen LogP contribution in [-0.4, -0.2) is 67.3 Å². The number of carbonyl (C=O) groups is 1. The van der Waals surface area contributed by atoms with Crippen LogP contribution >= 0.6 is 11.3 Å². The smallest absolute Gasteiger partial charge is 0.313 e. The van der Waals surface area contributed by atoms with Gasteiger partial charge in [0.1, 0.15) is 16.5 Å². The molecule has 7 nitrogen and oxygen atoms in total. The number of morpholine rings is 1. The van der Waals surface area contributed by atoms with Crippen LogP contribution in [0.5, 0.6) is 0 Å². The number of methoxy groups -OCH3 is 1. The number of aromatic nitrogens is 2. The summed E-state index contributed by atoms with van der Waals surface area (Å²) in [5, 5.41) is 1.23. The molecule has 2 aromatic heterocycles. The van der Waals surface area contributed by atoms with Crippen molar-refractivity contribution >= 4 is 33.3 Å². The number of carbonyl (C=O) groups excluding carboxylic acids is 1. The maximum Gasteiger partial charge on any atom is 0.313 e. The van der Waals surface area contributed by atoms with Crippen molar-refractivity contribution < 1.29 is 14.3 Å². The topological polar surface area (TPSA) is 67.8 Å². The third-order valence-corrected chi connectivity index (χ3v) is 7.95. The summed E-state index contributed by atoms with van der Waals surface area (Å²) in [6, 6.07) is 0. The van der Waals surface area contributed by atoms with Crippen LogP contribution in [0.3, 0.4) is 0 Å². The molecule has 1 atom stereocenters. The van der Waals surface area contributed by atoms with Gasteiger partial charge >= 0.3 is 5.97 Å². The van der Waals surface area contributed by atoms with Crippen LogP contribution in [0.25, 0.3) is 10.2 Å². The molecule has 3 aliphatic rings. The van der Waals surface area contributed by atoms with E-state index in [0.717, 1.165) is 75.1 Å². The lowest BCUT2D eigenvalue weighted by Crippen LogP contribution is -2.36. The average molecular weight is 431 g/mol. The van der Waals surface area contributed by atoms with Gasteiger partial charge in [-0.3, -0.25) is 9.69 Å². The predicted octanol–water partition coefficient (Wildman–Crippen LogP) is 2.79. The Morgan fingerprint density at radius 3 is 2.80 bits per heavy atom. The molecule has 2 aromatic rings. The molecular weight excluding hydrogens is 400 g/mol. The van der Waals surface area contributed by atoms with Gasteiger partial charge in [0.15, 0.2) is 0 Å². The van der Waals surface area contributed by atoms with Gasteiger partial charge in [0.05, 0.1) is 37.7 Å². The lowest BCUT2D eigenvalue weighted by molar-refractivity contribution is -0.150. The number of anilines is 1. The number of fused-ring (bicyclic) bond motifs is 3. The van der Waals surface area contributed by atoms with Gasteiger partial charge in [-0.2, -0.15) is 0 Å². The number of hydrogen-bond acceptors (Lipinski definition) is 8. The standard InChI is InChI=1S/C22H30N4O3S/c1-22(21(27)28-2)7-8-26(14-22)19-18-15-5-3-4-6-16(15)30-20(18)24-17(23-19)13-25-9-11-29-12-10-25/h3-14H2,1-2H3. The Morgan fingerprint density at radius 1 is 1.20 bits per heavy atom. The van der Waals surface area contributed by atoms with Crippen LogP contribution in [0, 0.1) is 5.41 Å². The molecule has 0 saturated carbocycles. The second-order valence-corrected chi connectivity index (χ2v) is 10.1. The number of ether oxygens (including phenoxy) is 2. The molecule has 0 radical (unpaired) electrons. The molecule has 2 saturated heterocycles. The Morgan fingerprint density at radius 2 is 2.00 bits per heavy atom. The Hall–Kier alpha value is -1.77. The summed E-state index contributed by atoms with van der Waals surface area (Å²) in [5.41, 5.74) is 0.966. The van der Waals surface area contributed by atoms with Crippen molar-refractivity contribution in [1.29, 1.82) is 0 Å². The van der Waals surface area contributed by atoms with E-state index < -0.39 is 5.41 Å². The zero-order valence-corrected chi connectivity index (χ0v) is 18.7. The first-order valence-corrected chi connectivity index (χ1v) is 11.8. The highest BCUT2D eigenvalue weighted by molar-refractivity contribution is 7.19. The van der Waals surface area contributed by atoms with Crippen molar-refractivity contribution in [1.82, 2.24) is 14.9 Å². The first-order valence-electron chi connectivity index (χ1n) is 11.0. The van der Waals surface area contributed by atoms with E-state index in [4.69, 9.17) is 19.4 Å². The first-order chi connectivity index (χ1) is 14.6. The molecule has 8 heteroatoms. The fraction of sp³-hybridized carbons (Fsp3) is 0.682. The van der Waals surface area contributed by atoms with Gasteiger partial charge in [-0.05, 0) is 44.6 Å². The number of aryl methyl sites for hydroxylation is 2. The van der Waals surface area contributed by atoms with Crippen molar-refractivity contribution in [3.05, 3.63) is 16.3 Å². The summed E-state index contributed by atoms with van der Waals surface area (Å²) in [4.78, 5) is 29.7. The minimum Gasteiger partial charge on any atom is -0.469 e. The highest BCUT2D eigenvalue weighted by Crippen LogP contribution is 2.42. The van der Waals surface area contributed by atoms with E-state index in [9.17, 15) is 4.79 Å². The van der Waals surface area contributed by atoms with E-state index in [1.807, 2.05) is 18.3 Å². The highest BCUT2D eigenvalue weighted by atomic mass is 32.1. The molecule has 0 N–H and O–H groups in total. The lowest BCUT2D eigenvalue weighted by atomic mass is 9.90. The van der Waals surface area contributed by atoms with Gasteiger partial charge in [-0.25, -0.2) is 9.97 Å². The number of esters is 1. The van der Waals surface area contributed by atoms with E-state index in [2.05, 4.69) is 9.80 Å². The zero-order valence-electron chi connectivity index (χ0n) is 17.9. The highest BCUT2D eigenvalue weighted by Gasteiger charge is 2.42.